The van der Waals surface area contributed by atoms with E-state index in [9.17, 15) is 19.5 Å². The normalized spacial score (nSPS) is 13.1. The Bertz CT molecular complexity index is 1270. The van der Waals surface area contributed by atoms with Crippen molar-refractivity contribution in [3.05, 3.63) is 87.6 Å². The molecule has 0 unspecified atom stereocenters. The Kier molecular flexibility index (Phi) is 6.33. The summed E-state index contributed by atoms with van der Waals surface area (Å²) in [6, 6.07) is 17.1. The molecule has 1 aliphatic heterocycles. The van der Waals surface area contributed by atoms with Crippen LogP contribution in [0.15, 0.2) is 66.1 Å². The molecule has 0 radical (unpaired) electrons. The fourth-order valence-electron chi connectivity index (χ4n) is 3.59. The molecular formula is C25H19N3O4S. The number of carboxylic acids is 1. The van der Waals surface area contributed by atoms with E-state index in [4.69, 9.17) is 5.26 Å². The summed E-state index contributed by atoms with van der Waals surface area (Å²) in [7, 11) is 0. The van der Waals surface area contributed by atoms with Gasteiger partial charge in [-0.3, -0.25) is 14.5 Å². The van der Waals surface area contributed by atoms with Crippen LogP contribution in [0.4, 0.5) is 11.4 Å². The molecule has 0 fully saturated rings. The van der Waals surface area contributed by atoms with E-state index in [0.29, 0.717) is 29.9 Å². The Morgan fingerprint density at radius 3 is 2.58 bits per heavy atom. The lowest BCUT2D eigenvalue weighted by molar-refractivity contribution is -0.120. The van der Waals surface area contributed by atoms with E-state index in [1.54, 1.807) is 52.6 Å². The van der Waals surface area contributed by atoms with Gasteiger partial charge < -0.3 is 10.0 Å². The molecular weight excluding hydrogens is 438 g/mol. The van der Waals surface area contributed by atoms with Gasteiger partial charge in [-0.1, -0.05) is 18.2 Å². The number of anilines is 2. The third-order valence-electron chi connectivity index (χ3n) is 5.28. The number of carbonyl (C=O) groups is 3. The van der Waals surface area contributed by atoms with Crippen LogP contribution in [0.1, 0.15) is 26.4 Å². The van der Waals surface area contributed by atoms with Gasteiger partial charge in [-0.2, -0.15) is 5.26 Å². The highest BCUT2D eigenvalue weighted by Crippen LogP contribution is 2.35. The van der Waals surface area contributed by atoms with E-state index in [-0.39, 0.29) is 18.0 Å². The third-order valence-corrected chi connectivity index (χ3v) is 6.22. The number of carbonyl (C=O) groups excluding carboxylic acids is 2. The van der Waals surface area contributed by atoms with Crippen molar-refractivity contribution in [2.24, 2.45) is 0 Å². The molecule has 2 aromatic carbocycles. The van der Waals surface area contributed by atoms with Crippen LogP contribution in [0.25, 0.3) is 6.08 Å². The minimum Gasteiger partial charge on any atom is -0.478 e. The fraction of sp³-hybridized carbons (Fsp3) is 0.120. The summed E-state index contributed by atoms with van der Waals surface area (Å²) in [6.45, 7) is 0.249. The molecule has 1 N–H and O–H groups in total. The fourth-order valence-corrected chi connectivity index (χ4v) is 4.28. The van der Waals surface area contributed by atoms with E-state index in [1.807, 2.05) is 23.6 Å². The van der Waals surface area contributed by atoms with Crippen molar-refractivity contribution in [3.8, 4) is 6.07 Å². The first-order valence-corrected chi connectivity index (χ1v) is 11.0. The topological polar surface area (TPSA) is 102 Å². The molecule has 4 rings (SSSR count). The number of rotatable bonds is 6. The van der Waals surface area contributed by atoms with Gasteiger partial charge in [-0.05, 0) is 59.8 Å². The van der Waals surface area contributed by atoms with Crippen LogP contribution in [0, 0.1) is 11.3 Å². The van der Waals surface area contributed by atoms with Gasteiger partial charge in [-0.25, -0.2) is 4.79 Å². The molecule has 7 nitrogen and oxygen atoms in total. The summed E-state index contributed by atoms with van der Waals surface area (Å²) in [4.78, 5) is 41.5. The molecule has 1 aromatic heterocycles. The summed E-state index contributed by atoms with van der Waals surface area (Å²) in [5, 5.41) is 20.3. The summed E-state index contributed by atoms with van der Waals surface area (Å²) in [6.07, 6.45) is 3.60. The van der Waals surface area contributed by atoms with Gasteiger partial charge in [0, 0.05) is 17.5 Å². The first kappa shape index (κ1) is 22.0. The van der Waals surface area contributed by atoms with Crippen molar-refractivity contribution in [2.45, 2.75) is 6.42 Å². The van der Waals surface area contributed by atoms with Crippen LogP contribution in [0.3, 0.4) is 0 Å². The molecule has 0 aliphatic carbocycles. The number of aromatic carboxylic acids is 1. The largest absolute Gasteiger partial charge is 0.478 e. The second kappa shape index (κ2) is 9.51. The molecule has 164 valence electrons. The number of nitriles is 1. The molecule has 2 amide bonds. The van der Waals surface area contributed by atoms with Gasteiger partial charge in [0.2, 0.25) is 5.91 Å². The zero-order valence-electron chi connectivity index (χ0n) is 17.5. The predicted octanol–water partition coefficient (Wildman–Crippen LogP) is 3.95. The van der Waals surface area contributed by atoms with Gasteiger partial charge in [0.05, 0.1) is 28.6 Å². The van der Waals surface area contributed by atoms with E-state index in [2.05, 4.69) is 0 Å². The van der Waals surface area contributed by atoms with Crippen molar-refractivity contribution in [2.75, 3.05) is 22.9 Å². The molecule has 0 saturated heterocycles. The van der Waals surface area contributed by atoms with Crippen molar-refractivity contribution in [1.82, 2.24) is 0 Å². The Labute approximate surface area is 194 Å². The summed E-state index contributed by atoms with van der Waals surface area (Å²) >= 11 is 1.61. The highest BCUT2D eigenvalue weighted by atomic mass is 32.1. The summed E-state index contributed by atoms with van der Waals surface area (Å²) < 4.78 is 0. The molecule has 0 bridgehead atoms. The molecule has 2 heterocycles. The lowest BCUT2D eigenvalue weighted by Crippen LogP contribution is -2.48. The van der Waals surface area contributed by atoms with Crippen molar-refractivity contribution in [1.29, 1.82) is 5.26 Å². The van der Waals surface area contributed by atoms with Crippen LogP contribution >= 0.6 is 11.3 Å². The number of carboxylic acid groups (broad SMARTS) is 1. The highest BCUT2D eigenvalue weighted by molar-refractivity contribution is 7.09. The summed E-state index contributed by atoms with van der Waals surface area (Å²) in [5.41, 5.74) is 2.17. The molecule has 1 aliphatic rings. The number of thiophene rings is 1. The number of amides is 2. The quantitative estimate of drug-likeness (QED) is 0.565. The van der Waals surface area contributed by atoms with Crippen LogP contribution in [0.5, 0.6) is 0 Å². The Morgan fingerprint density at radius 1 is 1.12 bits per heavy atom. The Morgan fingerprint density at radius 2 is 1.91 bits per heavy atom. The van der Waals surface area contributed by atoms with Gasteiger partial charge in [-0.15, -0.1) is 11.3 Å². The lowest BCUT2D eigenvalue weighted by Gasteiger charge is -2.36. The van der Waals surface area contributed by atoms with Gasteiger partial charge in [0.25, 0.3) is 5.91 Å². The number of hydrogen-bond donors (Lipinski definition) is 1. The average Bonchev–Trinajstić information content (AvgIpc) is 3.35. The van der Waals surface area contributed by atoms with Crippen LogP contribution in [0.2, 0.25) is 0 Å². The summed E-state index contributed by atoms with van der Waals surface area (Å²) in [5.74, 6) is -1.78. The average molecular weight is 458 g/mol. The van der Waals surface area contributed by atoms with Crippen molar-refractivity contribution >= 4 is 46.6 Å². The third kappa shape index (κ3) is 4.84. The standard InChI is InChI=1S/C25H19N3O4S/c26-15-18-5-3-17(4-6-18)7-10-23(29)28-16-24(30)27(12-11-20-2-1-13-33-20)21-9-8-19(25(31)32)14-22(21)28/h1-10,13-14H,11-12,16H2,(H,31,32)/b10-7+. The van der Waals surface area contributed by atoms with E-state index in [1.165, 1.54) is 23.1 Å². The first-order valence-electron chi connectivity index (χ1n) is 10.2. The maximum absolute atomic E-state index is 13.0. The lowest BCUT2D eigenvalue weighted by atomic mass is 10.1. The van der Waals surface area contributed by atoms with Crippen LogP contribution in [-0.4, -0.2) is 36.0 Å². The minimum atomic E-state index is -1.11. The Hall–Kier alpha value is -4.22. The Balaban J connectivity index is 1.62. The van der Waals surface area contributed by atoms with Crippen molar-refractivity contribution < 1.29 is 19.5 Å². The van der Waals surface area contributed by atoms with Crippen LogP contribution in [-0.2, 0) is 16.0 Å². The monoisotopic (exact) mass is 457 g/mol. The molecule has 33 heavy (non-hydrogen) atoms. The number of fused-ring (bicyclic) bond motifs is 1. The van der Waals surface area contributed by atoms with Gasteiger partial charge >= 0.3 is 5.97 Å². The molecule has 0 saturated carbocycles. The van der Waals surface area contributed by atoms with Gasteiger partial charge in [0.1, 0.15) is 6.54 Å². The highest BCUT2D eigenvalue weighted by Gasteiger charge is 2.32. The SMILES string of the molecule is N#Cc1ccc(/C=C/C(=O)N2CC(=O)N(CCc3cccs3)c3ccc(C(=O)O)cc32)cc1. The molecule has 0 spiro atoms. The zero-order chi connectivity index (χ0) is 23.4. The van der Waals surface area contributed by atoms with Crippen molar-refractivity contribution in [3.63, 3.8) is 0 Å². The number of benzene rings is 2. The maximum atomic E-state index is 13.0. The smallest absolute Gasteiger partial charge is 0.335 e. The van der Waals surface area contributed by atoms with E-state index in [0.717, 1.165) is 10.4 Å². The zero-order valence-corrected chi connectivity index (χ0v) is 18.3. The minimum absolute atomic E-state index is 0.0372. The maximum Gasteiger partial charge on any atom is 0.335 e. The molecule has 3 aromatic rings. The predicted molar refractivity (Wildman–Crippen MR) is 126 cm³/mol. The molecule has 8 heteroatoms. The van der Waals surface area contributed by atoms with E-state index >= 15 is 0 Å². The number of hydrogen-bond acceptors (Lipinski definition) is 5. The first-order chi connectivity index (χ1) is 16.0. The molecule has 0 atom stereocenters. The van der Waals surface area contributed by atoms with Gasteiger partial charge in [0.15, 0.2) is 0 Å². The van der Waals surface area contributed by atoms with Crippen LogP contribution < -0.4 is 9.80 Å². The second-order valence-electron chi connectivity index (χ2n) is 7.37. The number of nitrogens with zero attached hydrogens (tertiary/aromatic N) is 3. The second-order valence-corrected chi connectivity index (χ2v) is 8.41. The van der Waals surface area contributed by atoms with E-state index < -0.39 is 11.9 Å².